The van der Waals surface area contributed by atoms with Gasteiger partial charge in [0.2, 0.25) is 11.3 Å². The molecule has 1 saturated carbocycles. The van der Waals surface area contributed by atoms with Gasteiger partial charge in [0.1, 0.15) is 23.1 Å². The number of nitrogens with zero attached hydrogens (tertiary/aromatic N) is 6. The lowest BCUT2D eigenvalue weighted by molar-refractivity contribution is -0.119. The fourth-order valence-electron chi connectivity index (χ4n) is 6.82. The van der Waals surface area contributed by atoms with E-state index in [2.05, 4.69) is 15.2 Å². The third-order valence-electron chi connectivity index (χ3n) is 9.44. The highest BCUT2D eigenvalue weighted by Gasteiger charge is 2.35. The minimum absolute atomic E-state index is 0.0308. The van der Waals surface area contributed by atoms with Crippen molar-refractivity contribution < 1.29 is 33.0 Å². The summed E-state index contributed by atoms with van der Waals surface area (Å²) in [6.07, 6.45) is 2.69. The Morgan fingerprint density at radius 2 is 1.74 bits per heavy atom. The van der Waals surface area contributed by atoms with E-state index in [9.17, 15) is 24.3 Å². The van der Waals surface area contributed by atoms with Crippen LogP contribution < -0.4 is 25.4 Å². The summed E-state index contributed by atoms with van der Waals surface area (Å²) in [5.74, 6) is -2.52. The lowest BCUT2D eigenvalue weighted by Gasteiger charge is -2.39. The van der Waals surface area contributed by atoms with Crippen LogP contribution in [0.2, 0.25) is 0 Å². The number of carboxylic acids is 1. The van der Waals surface area contributed by atoms with Gasteiger partial charge in [0, 0.05) is 64.5 Å². The first kappa shape index (κ1) is 30.8. The van der Waals surface area contributed by atoms with Gasteiger partial charge in [0.25, 0.3) is 0 Å². The summed E-state index contributed by atoms with van der Waals surface area (Å²) >= 11 is 0. The molecule has 2 unspecified atom stereocenters. The maximum Gasteiger partial charge on any atom is 0.414 e. The molecule has 47 heavy (non-hydrogen) atoms. The van der Waals surface area contributed by atoms with Gasteiger partial charge >= 0.3 is 12.1 Å². The van der Waals surface area contributed by atoms with Crippen LogP contribution in [0.4, 0.5) is 30.8 Å². The largest absolute Gasteiger partial charge is 0.477 e. The number of ether oxygens (including phenoxy) is 1. The number of cyclic esters (lactones) is 1. The summed E-state index contributed by atoms with van der Waals surface area (Å²) in [4.78, 5) is 60.1. The van der Waals surface area contributed by atoms with E-state index in [4.69, 9.17) is 4.74 Å². The van der Waals surface area contributed by atoms with Crippen LogP contribution in [0, 0.1) is 11.6 Å². The molecule has 4 aliphatic rings. The van der Waals surface area contributed by atoms with Crippen LogP contribution in [0.5, 0.6) is 0 Å². The molecule has 1 aromatic carbocycles. The van der Waals surface area contributed by atoms with E-state index in [0.717, 1.165) is 25.3 Å². The molecule has 3 aliphatic heterocycles. The molecule has 0 spiro atoms. The average Bonchev–Trinajstić information content (AvgIpc) is 3.64. The average molecular weight is 652 g/mol. The molecule has 2 amide bonds. The standard InChI is InChI=1S/C32H35F2N7O6/c1-18(42)35-14-22-16-41(32(46)47-22)20-4-5-27(25(33)12-20)38-10-8-37(9-11-38)21-6-7-39(15-21)30-26(34)13-23-28(43)24(31(44)45)17-40(19-2-3-19)29(23)36-30/h4-5,12-13,17,19,21-22H,2-3,6-11,14-16H2,1H3,(H,35,42)(H,44,45). The van der Waals surface area contributed by atoms with Crippen LogP contribution in [0.1, 0.15) is 42.6 Å². The van der Waals surface area contributed by atoms with Crippen molar-refractivity contribution in [2.75, 3.05) is 67.1 Å². The number of halogens is 2. The summed E-state index contributed by atoms with van der Waals surface area (Å²) in [6.45, 7) is 5.40. The third-order valence-corrected chi connectivity index (χ3v) is 9.44. The molecule has 0 radical (unpaired) electrons. The second kappa shape index (κ2) is 12.1. The van der Waals surface area contributed by atoms with Gasteiger partial charge in [-0.05, 0) is 43.5 Å². The quantitative estimate of drug-likeness (QED) is 0.374. The van der Waals surface area contributed by atoms with Crippen molar-refractivity contribution in [2.45, 2.75) is 44.4 Å². The summed E-state index contributed by atoms with van der Waals surface area (Å²) in [5, 5.41) is 12.1. The van der Waals surface area contributed by atoms with Crippen molar-refractivity contribution >= 4 is 46.2 Å². The number of fused-ring (bicyclic) bond motifs is 1. The van der Waals surface area contributed by atoms with E-state index in [0.29, 0.717) is 56.3 Å². The fraction of sp³-hybridized carbons (Fsp3) is 0.469. The monoisotopic (exact) mass is 651 g/mol. The molecule has 3 saturated heterocycles. The maximum atomic E-state index is 15.4. The molecule has 2 aromatic heterocycles. The molecule has 2 N–H and O–H groups in total. The zero-order valence-corrected chi connectivity index (χ0v) is 25.8. The lowest BCUT2D eigenvalue weighted by Crippen LogP contribution is -2.51. The number of hydrogen-bond acceptors (Lipinski definition) is 9. The van der Waals surface area contributed by atoms with Gasteiger partial charge < -0.3 is 29.5 Å². The number of hydrogen-bond donors (Lipinski definition) is 2. The molecule has 0 bridgehead atoms. The van der Waals surface area contributed by atoms with E-state index in [1.165, 1.54) is 24.1 Å². The number of pyridine rings is 2. The van der Waals surface area contributed by atoms with Gasteiger partial charge in [-0.1, -0.05) is 0 Å². The van der Waals surface area contributed by atoms with E-state index < -0.39 is 35.2 Å². The van der Waals surface area contributed by atoms with E-state index in [1.807, 2.05) is 9.80 Å². The first-order chi connectivity index (χ1) is 22.6. The molecular weight excluding hydrogens is 616 g/mol. The van der Waals surface area contributed by atoms with Crippen molar-refractivity contribution in [3.8, 4) is 0 Å². The van der Waals surface area contributed by atoms with Crippen molar-refractivity contribution in [2.24, 2.45) is 0 Å². The molecule has 7 rings (SSSR count). The van der Waals surface area contributed by atoms with Crippen molar-refractivity contribution in [1.29, 1.82) is 0 Å². The fourth-order valence-corrected chi connectivity index (χ4v) is 6.82. The number of nitrogens with one attached hydrogen (secondary N) is 1. The van der Waals surface area contributed by atoms with Gasteiger partial charge in [-0.3, -0.25) is 19.4 Å². The topological polar surface area (TPSA) is 141 Å². The molecule has 248 valence electrons. The smallest absolute Gasteiger partial charge is 0.414 e. The van der Waals surface area contributed by atoms with E-state index >= 15 is 8.78 Å². The van der Waals surface area contributed by atoms with Gasteiger partial charge in [-0.2, -0.15) is 0 Å². The number of benzene rings is 1. The highest BCUT2D eigenvalue weighted by Crippen LogP contribution is 2.37. The molecular formula is C32H35F2N7O6. The number of piperazine rings is 1. The third kappa shape index (κ3) is 5.95. The second-order valence-corrected chi connectivity index (χ2v) is 12.6. The minimum Gasteiger partial charge on any atom is -0.477 e. The number of anilines is 3. The molecule has 1 aliphatic carbocycles. The summed E-state index contributed by atoms with van der Waals surface area (Å²) in [6, 6.07) is 5.98. The van der Waals surface area contributed by atoms with Crippen LogP contribution in [0.25, 0.3) is 11.0 Å². The zero-order chi connectivity index (χ0) is 33.0. The number of carbonyl (C=O) groups is 3. The first-order valence-corrected chi connectivity index (χ1v) is 15.8. The van der Waals surface area contributed by atoms with Crippen molar-refractivity contribution in [1.82, 2.24) is 19.8 Å². The Balaban J connectivity index is 0.995. The Hall–Kier alpha value is -4.79. The summed E-state index contributed by atoms with van der Waals surface area (Å²) in [5.41, 5.74) is 0.00222. The second-order valence-electron chi connectivity index (χ2n) is 12.6. The summed E-state index contributed by atoms with van der Waals surface area (Å²) < 4.78 is 37.7. The van der Waals surface area contributed by atoms with Crippen LogP contribution in [-0.2, 0) is 9.53 Å². The zero-order valence-electron chi connectivity index (χ0n) is 25.8. The maximum absolute atomic E-state index is 15.4. The minimum atomic E-state index is -1.35. The number of carboxylic acid groups (broad SMARTS) is 1. The molecule has 4 fully saturated rings. The molecule has 15 heteroatoms. The highest BCUT2D eigenvalue weighted by atomic mass is 19.1. The lowest BCUT2D eigenvalue weighted by atomic mass is 10.1. The Kier molecular flexibility index (Phi) is 7.94. The van der Waals surface area contributed by atoms with Gasteiger partial charge in [0.15, 0.2) is 11.6 Å². The Bertz CT molecular complexity index is 1820. The van der Waals surface area contributed by atoms with E-state index in [1.54, 1.807) is 16.7 Å². The van der Waals surface area contributed by atoms with Crippen LogP contribution >= 0.6 is 0 Å². The SMILES string of the molecule is CC(=O)NCC1CN(c2ccc(N3CCN(C4CCN(c5nc6c(cc5F)c(=O)c(C(=O)O)cn6C5CC5)C4)CC3)c(F)c2)C(=O)O1. The Morgan fingerprint density at radius 1 is 0.979 bits per heavy atom. The molecule has 5 heterocycles. The highest BCUT2D eigenvalue weighted by molar-refractivity contribution is 5.92. The van der Waals surface area contributed by atoms with Gasteiger partial charge in [-0.25, -0.2) is 23.4 Å². The van der Waals surface area contributed by atoms with Gasteiger partial charge in [-0.15, -0.1) is 0 Å². The molecule has 3 aromatic rings. The van der Waals surface area contributed by atoms with Crippen molar-refractivity contribution in [3.05, 3.63) is 57.9 Å². The number of aromatic nitrogens is 2. The van der Waals surface area contributed by atoms with E-state index in [-0.39, 0.29) is 47.8 Å². The predicted octanol–water partition coefficient (Wildman–Crippen LogP) is 2.57. The van der Waals surface area contributed by atoms with Crippen LogP contribution in [0.15, 0.2) is 35.3 Å². The first-order valence-electron chi connectivity index (χ1n) is 15.8. The molecule has 2 atom stereocenters. The Labute approximate surface area is 268 Å². The predicted molar refractivity (Wildman–Crippen MR) is 168 cm³/mol. The van der Waals surface area contributed by atoms with Crippen LogP contribution in [-0.4, -0.2) is 102 Å². The summed E-state index contributed by atoms with van der Waals surface area (Å²) in [7, 11) is 0. The van der Waals surface area contributed by atoms with Crippen LogP contribution in [0.3, 0.4) is 0 Å². The Morgan fingerprint density at radius 3 is 2.43 bits per heavy atom. The number of aromatic carboxylic acids is 1. The number of carbonyl (C=O) groups excluding carboxylic acids is 2. The number of amides is 2. The normalized spacial score (nSPS) is 21.9. The van der Waals surface area contributed by atoms with Crippen molar-refractivity contribution in [3.63, 3.8) is 0 Å². The number of rotatable bonds is 8. The van der Waals surface area contributed by atoms with Gasteiger partial charge in [0.05, 0.1) is 29.9 Å². The molecule has 13 nitrogen and oxygen atoms in total.